The van der Waals surface area contributed by atoms with Crippen LogP contribution < -0.4 is 10.5 Å². The summed E-state index contributed by atoms with van der Waals surface area (Å²) in [5.74, 6) is 0.668. The highest BCUT2D eigenvalue weighted by molar-refractivity contribution is 5.47. The van der Waals surface area contributed by atoms with Crippen molar-refractivity contribution in [2.75, 3.05) is 12.5 Å². The molecule has 3 heteroatoms. The van der Waals surface area contributed by atoms with Crippen LogP contribution in [0.5, 0.6) is 5.75 Å². The van der Waals surface area contributed by atoms with Gasteiger partial charge in [-0.05, 0) is 30.7 Å². The van der Waals surface area contributed by atoms with E-state index in [9.17, 15) is 0 Å². The van der Waals surface area contributed by atoms with Crippen molar-refractivity contribution >= 4 is 5.69 Å². The number of hydrogen-bond donors (Lipinski definition) is 2. The van der Waals surface area contributed by atoms with Gasteiger partial charge in [0, 0.05) is 5.69 Å². The molecule has 0 radical (unpaired) electrons. The summed E-state index contributed by atoms with van der Waals surface area (Å²) in [6.07, 6.45) is 0. The molecule has 1 rings (SSSR count). The largest absolute Gasteiger partial charge is 0.467 e. The molecule has 0 aliphatic carbocycles. The number of aryl methyl sites for hydroxylation is 1. The van der Waals surface area contributed by atoms with Crippen molar-refractivity contribution in [1.29, 1.82) is 0 Å². The third-order valence-corrected chi connectivity index (χ3v) is 1.42. The predicted molar refractivity (Wildman–Crippen MR) is 43.3 cm³/mol. The van der Waals surface area contributed by atoms with Crippen LogP contribution in [-0.2, 0) is 0 Å². The van der Waals surface area contributed by atoms with Crippen molar-refractivity contribution < 1.29 is 9.84 Å². The summed E-state index contributed by atoms with van der Waals surface area (Å²) in [7, 11) is 0. The molecular formula is C8H11NO2. The van der Waals surface area contributed by atoms with Gasteiger partial charge in [-0.15, -0.1) is 0 Å². The van der Waals surface area contributed by atoms with E-state index in [0.717, 1.165) is 5.56 Å². The Bertz CT molecular complexity index is 248. The Kier molecular flexibility index (Phi) is 2.33. The summed E-state index contributed by atoms with van der Waals surface area (Å²) < 4.78 is 4.89. The van der Waals surface area contributed by atoms with Gasteiger partial charge >= 0.3 is 0 Å². The molecule has 0 fully saturated rings. The zero-order valence-electron chi connectivity index (χ0n) is 6.37. The first-order valence-corrected chi connectivity index (χ1v) is 3.34. The standard InChI is InChI=1S/C8H11NO2/c1-6-4-7(9)2-3-8(6)11-5-10/h2-4,10H,5,9H2,1H3. The van der Waals surface area contributed by atoms with E-state index in [-0.39, 0.29) is 6.79 Å². The summed E-state index contributed by atoms with van der Waals surface area (Å²) in [4.78, 5) is 0. The second-order valence-electron chi connectivity index (χ2n) is 2.30. The predicted octanol–water partition coefficient (Wildman–Crippen LogP) is 0.906. The highest BCUT2D eigenvalue weighted by Crippen LogP contribution is 2.19. The van der Waals surface area contributed by atoms with E-state index < -0.39 is 0 Å². The summed E-state index contributed by atoms with van der Waals surface area (Å²) in [5.41, 5.74) is 7.14. The fraction of sp³-hybridized carbons (Fsp3) is 0.250. The average Bonchev–Trinajstić information content (AvgIpc) is 1.95. The summed E-state index contributed by atoms with van der Waals surface area (Å²) >= 11 is 0. The van der Waals surface area contributed by atoms with Gasteiger partial charge in [0.25, 0.3) is 0 Å². The summed E-state index contributed by atoms with van der Waals surface area (Å²) in [5, 5.41) is 8.46. The van der Waals surface area contributed by atoms with Crippen LogP contribution in [0.4, 0.5) is 5.69 Å². The number of aliphatic hydroxyl groups excluding tert-OH is 1. The number of nitrogens with two attached hydrogens (primary N) is 1. The Morgan fingerprint density at radius 3 is 2.82 bits per heavy atom. The lowest BCUT2D eigenvalue weighted by Gasteiger charge is -2.05. The quantitative estimate of drug-likeness (QED) is 0.490. The van der Waals surface area contributed by atoms with Gasteiger partial charge < -0.3 is 15.6 Å². The van der Waals surface area contributed by atoms with E-state index >= 15 is 0 Å². The van der Waals surface area contributed by atoms with Crippen molar-refractivity contribution in [2.24, 2.45) is 0 Å². The van der Waals surface area contributed by atoms with Gasteiger partial charge in [-0.3, -0.25) is 0 Å². The van der Waals surface area contributed by atoms with Gasteiger partial charge in [0.2, 0.25) is 0 Å². The molecule has 0 aliphatic heterocycles. The zero-order chi connectivity index (χ0) is 8.27. The molecule has 0 aromatic heterocycles. The SMILES string of the molecule is Cc1cc(N)ccc1OCO. The fourth-order valence-corrected chi connectivity index (χ4v) is 0.904. The second-order valence-corrected chi connectivity index (χ2v) is 2.30. The maximum Gasteiger partial charge on any atom is 0.186 e. The van der Waals surface area contributed by atoms with Crippen molar-refractivity contribution in [2.45, 2.75) is 6.92 Å². The molecule has 60 valence electrons. The van der Waals surface area contributed by atoms with E-state index in [4.69, 9.17) is 15.6 Å². The van der Waals surface area contributed by atoms with Gasteiger partial charge in [-0.2, -0.15) is 0 Å². The highest BCUT2D eigenvalue weighted by atomic mass is 16.6. The van der Waals surface area contributed by atoms with Crippen LogP contribution in [0, 0.1) is 6.92 Å². The Labute approximate surface area is 65.4 Å². The van der Waals surface area contributed by atoms with Crippen LogP contribution in [-0.4, -0.2) is 11.9 Å². The first-order valence-electron chi connectivity index (χ1n) is 3.34. The minimum Gasteiger partial charge on any atom is -0.467 e. The minimum absolute atomic E-state index is 0.301. The first kappa shape index (κ1) is 7.88. The molecule has 0 bridgehead atoms. The number of rotatable bonds is 2. The topological polar surface area (TPSA) is 55.5 Å². The third kappa shape index (κ3) is 1.85. The lowest BCUT2D eigenvalue weighted by molar-refractivity contribution is 0.0979. The van der Waals surface area contributed by atoms with Crippen molar-refractivity contribution in [3.05, 3.63) is 23.8 Å². The molecule has 0 atom stereocenters. The summed E-state index contributed by atoms with van der Waals surface area (Å²) in [6.45, 7) is 1.58. The van der Waals surface area contributed by atoms with E-state index in [2.05, 4.69) is 0 Å². The minimum atomic E-state index is -0.301. The molecular weight excluding hydrogens is 142 g/mol. The number of anilines is 1. The van der Waals surface area contributed by atoms with Gasteiger partial charge in [0.1, 0.15) is 5.75 Å². The van der Waals surface area contributed by atoms with Crippen LogP contribution in [0.1, 0.15) is 5.56 Å². The van der Waals surface area contributed by atoms with E-state index in [1.54, 1.807) is 18.2 Å². The molecule has 0 saturated carbocycles. The number of nitrogen functional groups attached to an aromatic ring is 1. The molecule has 3 N–H and O–H groups in total. The number of benzene rings is 1. The van der Waals surface area contributed by atoms with Gasteiger partial charge in [-0.25, -0.2) is 0 Å². The smallest absolute Gasteiger partial charge is 0.186 e. The second kappa shape index (κ2) is 3.25. The molecule has 1 aromatic rings. The van der Waals surface area contributed by atoms with Crippen LogP contribution >= 0.6 is 0 Å². The number of hydrogen-bond acceptors (Lipinski definition) is 3. The van der Waals surface area contributed by atoms with Crippen molar-refractivity contribution in [3.8, 4) is 5.75 Å². The Balaban J connectivity index is 2.90. The van der Waals surface area contributed by atoms with Gasteiger partial charge in [-0.1, -0.05) is 0 Å². The normalized spacial score (nSPS) is 9.64. The zero-order valence-corrected chi connectivity index (χ0v) is 6.37. The van der Waals surface area contributed by atoms with Gasteiger partial charge in [0.15, 0.2) is 6.79 Å². The maximum atomic E-state index is 8.46. The molecule has 0 saturated heterocycles. The van der Waals surface area contributed by atoms with Crippen molar-refractivity contribution in [1.82, 2.24) is 0 Å². The van der Waals surface area contributed by atoms with Crippen LogP contribution in [0.25, 0.3) is 0 Å². The monoisotopic (exact) mass is 153 g/mol. The van der Waals surface area contributed by atoms with E-state index in [1.165, 1.54) is 0 Å². The molecule has 11 heavy (non-hydrogen) atoms. The Morgan fingerprint density at radius 2 is 2.27 bits per heavy atom. The lowest BCUT2D eigenvalue weighted by atomic mass is 10.2. The fourth-order valence-electron chi connectivity index (χ4n) is 0.904. The molecule has 0 spiro atoms. The lowest BCUT2D eigenvalue weighted by Crippen LogP contribution is -1.97. The molecule has 0 amide bonds. The summed E-state index contributed by atoms with van der Waals surface area (Å²) in [6, 6.07) is 5.27. The average molecular weight is 153 g/mol. The number of aliphatic hydroxyl groups is 1. The van der Waals surface area contributed by atoms with Crippen molar-refractivity contribution in [3.63, 3.8) is 0 Å². The molecule has 1 aromatic carbocycles. The Morgan fingerprint density at radius 1 is 1.55 bits per heavy atom. The molecule has 3 nitrogen and oxygen atoms in total. The molecule has 0 unspecified atom stereocenters. The molecule has 0 aliphatic rings. The third-order valence-electron chi connectivity index (χ3n) is 1.42. The maximum absolute atomic E-state index is 8.46. The molecule has 0 heterocycles. The van der Waals surface area contributed by atoms with Crippen LogP contribution in [0.3, 0.4) is 0 Å². The van der Waals surface area contributed by atoms with Crippen LogP contribution in [0.15, 0.2) is 18.2 Å². The van der Waals surface area contributed by atoms with E-state index in [0.29, 0.717) is 11.4 Å². The van der Waals surface area contributed by atoms with E-state index in [1.807, 2.05) is 6.92 Å². The Hall–Kier alpha value is -1.22. The first-order chi connectivity index (χ1) is 5.24. The van der Waals surface area contributed by atoms with Crippen LogP contribution in [0.2, 0.25) is 0 Å². The van der Waals surface area contributed by atoms with Gasteiger partial charge in [0.05, 0.1) is 0 Å². The number of ether oxygens (including phenoxy) is 1. The highest BCUT2D eigenvalue weighted by Gasteiger charge is 1.97.